The monoisotopic (exact) mass is 256 g/mol. The molecule has 0 radical (unpaired) electrons. The van der Waals surface area contributed by atoms with Crippen LogP contribution in [-0.2, 0) is 10.0 Å². The second kappa shape index (κ2) is 4.27. The molecule has 1 aromatic heterocycles. The van der Waals surface area contributed by atoms with Crippen molar-refractivity contribution < 1.29 is 13.2 Å². The summed E-state index contributed by atoms with van der Waals surface area (Å²) in [5.41, 5.74) is 0.602. The van der Waals surface area contributed by atoms with E-state index >= 15 is 0 Å². The summed E-state index contributed by atoms with van der Waals surface area (Å²) in [5.74, 6) is 0.641. The number of ether oxygens (including phenoxy) is 1. The average molecular weight is 256 g/mol. The number of primary sulfonamides is 1. The largest absolute Gasteiger partial charge is 0.489 e. The van der Waals surface area contributed by atoms with Gasteiger partial charge in [0.1, 0.15) is 5.75 Å². The minimum atomic E-state index is -3.77. The molecule has 0 spiro atoms. The number of nitrogens with two attached hydrogens (primary N) is 1. The van der Waals surface area contributed by atoms with Gasteiger partial charge in [-0.25, -0.2) is 18.5 Å². The summed E-state index contributed by atoms with van der Waals surface area (Å²) in [4.78, 5) is 3.91. The van der Waals surface area contributed by atoms with Gasteiger partial charge in [-0.05, 0) is 30.4 Å². The van der Waals surface area contributed by atoms with Crippen LogP contribution in [0.2, 0.25) is 0 Å². The lowest BCUT2D eigenvalue weighted by atomic mass is 10.1. The van der Waals surface area contributed by atoms with Crippen LogP contribution < -0.4 is 9.88 Å². The second-order valence-electron chi connectivity index (χ2n) is 4.58. The Labute approximate surface area is 101 Å². The highest BCUT2D eigenvalue weighted by atomic mass is 32.2. The van der Waals surface area contributed by atoms with Gasteiger partial charge in [0.05, 0.1) is 12.3 Å². The number of nitrogens with zero attached hydrogens (tertiary/aromatic N) is 1. The number of hydrogen-bond acceptors (Lipinski definition) is 4. The summed E-state index contributed by atoms with van der Waals surface area (Å²) < 4.78 is 28.3. The van der Waals surface area contributed by atoms with E-state index in [1.54, 1.807) is 6.07 Å². The molecular weight excluding hydrogens is 240 g/mol. The molecule has 1 aliphatic carbocycles. The van der Waals surface area contributed by atoms with E-state index in [-0.39, 0.29) is 17.0 Å². The van der Waals surface area contributed by atoms with Crippen LogP contribution in [0.5, 0.6) is 5.75 Å². The Balaban J connectivity index is 2.40. The molecule has 1 saturated carbocycles. The Bertz CT molecular complexity index is 522. The maximum absolute atomic E-state index is 11.4. The average Bonchev–Trinajstić information content (AvgIpc) is 2.99. The molecule has 2 N–H and O–H groups in total. The molecule has 0 bridgehead atoms. The van der Waals surface area contributed by atoms with Crippen LogP contribution in [0.1, 0.15) is 38.2 Å². The summed E-state index contributed by atoms with van der Waals surface area (Å²) in [6.45, 7) is 3.79. The third kappa shape index (κ3) is 2.95. The first-order valence-corrected chi connectivity index (χ1v) is 7.12. The maximum atomic E-state index is 11.4. The third-order valence-corrected chi connectivity index (χ3v) is 3.45. The van der Waals surface area contributed by atoms with E-state index in [1.807, 2.05) is 13.8 Å². The summed E-state index contributed by atoms with van der Waals surface area (Å²) in [6.07, 6.45) is 3.78. The number of pyridine rings is 1. The maximum Gasteiger partial charge on any atom is 0.255 e. The van der Waals surface area contributed by atoms with Gasteiger partial charge in [-0.15, -0.1) is 0 Å². The van der Waals surface area contributed by atoms with Crippen molar-refractivity contribution in [2.45, 2.75) is 43.7 Å². The van der Waals surface area contributed by atoms with Gasteiger partial charge in [0.25, 0.3) is 10.0 Å². The molecule has 0 unspecified atom stereocenters. The van der Waals surface area contributed by atoms with Crippen LogP contribution in [0.15, 0.2) is 17.3 Å². The molecule has 2 rings (SSSR count). The SMILES string of the molecule is CC(C)c1cc(OC2CC2)cnc1S(N)(=O)=O. The lowest BCUT2D eigenvalue weighted by Gasteiger charge is -2.12. The van der Waals surface area contributed by atoms with Crippen LogP contribution in [0, 0.1) is 0 Å². The molecule has 0 atom stereocenters. The molecule has 1 heterocycles. The van der Waals surface area contributed by atoms with Gasteiger partial charge in [-0.1, -0.05) is 13.8 Å². The van der Waals surface area contributed by atoms with Gasteiger partial charge >= 0.3 is 0 Å². The summed E-state index contributed by atoms with van der Waals surface area (Å²) >= 11 is 0. The van der Waals surface area contributed by atoms with Crippen LogP contribution in [0.3, 0.4) is 0 Å². The van der Waals surface area contributed by atoms with Crippen LogP contribution in [0.25, 0.3) is 0 Å². The van der Waals surface area contributed by atoms with Gasteiger partial charge in [0.15, 0.2) is 5.03 Å². The van der Waals surface area contributed by atoms with Crippen LogP contribution in [0.4, 0.5) is 0 Å². The molecule has 1 aliphatic rings. The van der Waals surface area contributed by atoms with E-state index in [0.717, 1.165) is 12.8 Å². The topological polar surface area (TPSA) is 82.3 Å². The number of sulfonamides is 1. The van der Waals surface area contributed by atoms with Gasteiger partial charge in [-0.3, -0.25) is 0 Å². The summed E-state index contributed by atoms with van der Waals surface area (Å²) in [6, 6.07) is 1.72. The van der Waals surface area contributed by atoms with Crippen LogP contribution >= 0.6 is 0 Å². The van der Waals surface area contributed by atoms with Crippen molar-refractivity contribution in [2.75, 3.05) is 0 Å². The normalized spacial score (nSPS) is 16.2. The van der Waals surface area contributed by atoms with E-state index in [2.05, 4.69) is 4.98 Å². The number of aromatic nitrogens is 1. The highest BCUT2D eigenvalue weighted by molar-refractivity contribution is 7.89. The zero-order valence-electron chi connectivity index (χ0n) is 9.88. The Morgan fingerprint density at radius 3 is 2.59 bits per heavy atom. The van der Waals surface area contributed by atoms with E-state index < -0.39 is 10.0 Å². The van der Waals surface area contributed by atoms with Crippen molar-refractivity contribution in [1.29, 1.82) is 0 Å². The predicted octanol–water partition coefficient (Wildman–Crippen LogP) is 1.39. The van der Waals surface area contributed by atoms with E-state index in [9.17, 15) is 8.42 Å². The lowest BCUT2D eigenvalue weighted by Crippen LogP contribution is -2.17. The smallest absolute Gasteiger partial charge is 0.255 e. The van der Waals surface area contributed by atoms with Crippen molar-refractivity contribution in [3.05, 3.63) is 17.8 Å². The first kappa shape index (κ1) is 12.3. The molecule has 0 aliphatic heterocycles. The fourth-order valence-electron chi connectivity index (χ4n) is 1.54. The molecule has 94 valence electrons. The zero-order valence-corrected chi connectivity index (χ0v) is 10.7. The standard InChI is InChI=1S/C11H16N2O3S/c1-7(2)10-5-9(16-8-3-4-8)6-13-11(10)17(12,14)15/h5-8H,3-4H2,1-2H3,(H2,12,14,15). The Morgan fingerprint density at radius 1 is 1.47 bits per heavy atom. The summed E-state index contributed by atoms with van der Waals surface area (Å²) in [7, 11) is -3.77. The predicted molar refractivity (Wildman–Crippen MR) is 63.3 cm³/mol. The minimum absolute atomic E-state index is 0.0265. The first-order valence-electron chi connectivity index (χ1n) is 5.57. The molecule has 6 heteroatoms. The number of hydrogen-bond donors (Lipinski definition) is 1. The van der Waals surface area contributed by atoms with E-state index in [1.165, 1.54) is 6.20 Å². The quantitative estimate of drug-likeness (QED) is 0.882. The Kier molecular flexibility index (Phi) is 3.09. The number of rotatable bonds is 4. The van der Waals surface area contributed by atoms with Crippen LogP contribution in [-0.4, -0.2) is 19.5 Å². The molecular formula is C11H16N2O3S. The van der Waals surface area contributed by atoms with Gasteiger partial charge < -0.3 is 4.74 Å². The molecule has 0 saturated heterocycles. The molecule has 5 nitrogen and oxygen atoms in total. The Hall–Kier alpha value is -1.14. The highest BCUT2D eigenvalue weighted by Gasteiger charge is 2.25. The third-order valence-electron chi connectivity index (χ3n) is 2.57. The minimum Gasteiger partial charge on any atom is -0.489 e. The fourth-order valence-corrected chi connectivity index (χ4v) is 2.37. The van der Waals surface area contributed by atoms with Gasteiger partial charge in [0.2, 0.25) is 0 Å². The molecule has 1 aromatic rings. The van der Waals surface area contributed by atoms with E-state index in [4.69, 9.17) is 9.88 Å². The molecule has 17 heavy (non-hydrogen) atoms. The van der Waals surface area contributed by atoms with Crippen molar-refractivity contribution in [3.63, 3.8) is 0 Å². The fraction of sp³-hybridized carbons (Fsp3) is 0.545. The molecule has 0 amide bonds. The lowest BCUT2D eigenvalue weighted by molar-refractivity contribution is 0.301. The van der Waals surface area contributed by atoms with Crippen molar-refractivity contribution in [2.24, 2.45) is 5.14 Å². The van der Waals surface area contributed by atoms with Crippen molar-refractivity contribution in [3.8, 4) is 5.75 Å². The first-order chi connectivity index (χ1) is 7.88. The van der Waals surface area contributed by atoms with Crippen molar-refractivity contribution >= 4 is 10.0 Å². The second-order valence-corrected chi connectivity index (χ2v) is 6.06. The molecule has 0 aromatic carbocycles. The summed E-state index contributed by atoms with van der Waals surface area (Å²) in [5, 5.41) is 5.07. The highest BCUT2D eigenvalue weighted by Crippen LogP contribution is 2.30. The van der Waals surface area contributed by atoms with Gasteiger partial charge in [-0.2, -0.15) is 0 Å². The van der Waals surface area contributed by atoms with Gasteiger partial charge in [0, 0.05) is 0 Å². The van der Waals surface area contributed by atoms with E-state index in [0.29, 0.717) is 11.3 Å². The van der Waals surface area contributed by atoms with Crippen molar-refractivity contribution in [1.82, 2.24) is 4.98 Å². The Morgan fingerprint density at radius 2 is 2.12 bits per heavy atom. The molecule has 1 fully saturated rings. The zero-order chi connectivity index (χ0) is 12.6.